The number of primary amides is 1. The third-order valence-corrected chi connectivity index (χ3v) is 4.18. The topological polar surface area (TPSA) is 117 Å². The van der Waals surface area contributed by atoms with E-state index in [9.17, 15) is 9.59 Å². The van der Waals surface area contributed by atoms with E-state index in [0.717, 1.165) is 5.56 Å². The van der Waals surface area contributed by atoms with E-state index >= 15 is 0 Å². The van der Waals surface area contributed by atoms with Gasteiger partial charge in [0.1, 0.15) is 0 Å². The summed E-state index contributed by atoms with van der Waals surface area (Å²) in [6.07, 6.45) is 0. The van der Waals surface area contributed by atoms with Crippen LogP contribution in [0.5, 0.6) is 11.5 Å². The zero-order chi connectivity index (χ0) is 19.3. The Balaban J connectivity index is 0.00000364. The first kappa shape index (κ1) is 22.3. The molecule has 0 saturated carbocycles. The van der Waals surface area contributed by atoms with Gasteiger partial charge in [-0.3, -0.25) is 9.59 Å². The molecule has 0 saturated heterocycles. The molecule has 2 atom stereocenters. The molecule has 0 bridgehead atoms. The molecule has 5 N–H and O–H groups in total. The fourth-order valence-electron chi connectivity index (χ4n) is 2.56. The van der Waals surface area contributed by atoms with Crippen molar-refractivity contribution in [3.05, 3.63) is 53.6 Å². The first-order valence-corrected chi connectivity index (χ1v) is 8.06. The summed E-state index contributed by atoms with van der Waals surface area (Å²) in [5, 5.41) is 2.71. The molecule has 2 rings (SSSR count). The van der Waals surface area contributed by atoms with E-state index in [0.29, 0.717) is 11.5 Å². The van der Waals surface area contributed by atoms with Gasteiger partial charge in [-0.25, -0.2) is 0 Å². The quantitative estimate of drug-likeness (QED) is 0.668. The SMILES string of the molecule is COc1cc(NC(=O)C(C)C(N)c2ccccc2)c(C(N)=O)cc1OC.Cl. The molecule has 2 aromatic carbocycles. The van der Waals surface area contributed by atoms with Crippen LogP contribution in [0, 0.1) is 5.92 Å². The highest BCUT2D eigenvalue weighted by atomic mass is 35.5. The van der Waals surface area contributed by atoms with Crippen LogP contribution in [-0.4, -0.2) is 26.0 Å². The lowest BCUT2D eigenvalue weighted by Crippen LogP contribution is -2.31. The summed E-state index contributed by atoms with van der Waals surface area (Å²) in [6.45, 7) is 1.72. The Hall–Kier alpha value is -2.77. The third-order valence-electron chi connectivity index (χ3n) is 4.18. The minimum Gasteiger partial charge on any atom is -0.493 e. The van der Waals surface area contributed by atoms with Crippen LogP contribution in [0.1, 0.15) is 28.9 Å². The van der Waals surface area contributed by atoms with Crippen molar-refractivity contribution in [2.75, 3.05) is 19.5 Å². The van der Waals surface area contributed by atoms with Crippen molar-refractivity contribution in [3.8, 4) is 11.5 Å². The van der Waals surface area contributed by atoms with Crippen LogP contribution in [0.15, 0.2) is 42.5 Å². The molecule has 2 amide bonds. The van der Waals surface area contributed by atoms with Crippen molar-refractivity contribution in [2.45, 2.75) is 13.0 Å². The third kappa shape index (κ3) is 5.12. The van der Waals surface area contributed by atoms with Gasteiger partial charge in [0.05, 0.1) is 31.4 Å². The van der Waals surface area contributed by atoms with Crippen molar-refractivity contribution in [3.63, 3.8) is 0 Å². The number of halogens is 1. The molecule has 7 nitrogen and oxygen atoms in total. The second-order valence-electron chi connectivity index (χ2n) is 5.83. The van der Waals surface area contributed by atoms with Gasteiger partial charge in [0.15, 0.2) is 11.5 Å². The number of benzene rings is 2. The van der Waals surface area contributed by atoms with Crippen LogP contribution in [0.25, 0.3) is 0 Å². The largest absolute Gasteiger partial charge is 0.493 e. The number of hydrogen-bond acceptors (Lipinski definition) is 5. The smallest absolute Gasteiger partial charge is 0.250 e. The molecular weight excluding hydrogens is 370 g/mol. The van der Waals surface area contributed by atoms with E-state index in [1.807, 2.05) is 30.3 Å². The molecule has 0 heterocycles. The molecule has 0 aliphatic rings. The number of nitrogens with one attached hydrogen (secondary N) is 1. The molecule has 8 heteroatoms. The van der Waals surface area contributed by atoms with Crippen molar-refractivity contribution in [1.29, 1.82) is 0 Å². The van der Waals surface area contributed by atoms with Crippen molar-refractivity contribution in [2.24, 2.45) is 17.4 Å². The molecule has 2 aromatic rings. The van der Waals surface area contributed by atoms with E-state index in [1.165, 1.54) is 26.4 Å². The van der Waals surface area contributed by atoms with Gasteiger partial charge in [-0.2, -0.15) is 0 Å². The van der Waals surface area contributed by atoms with E-state index in [-0.39, 0.29) is 29.6 Å². The maximum absolute atomic E-state index is 12.6. The Kier molecular flexibility index (Phi) is 8.08. The molecular formula is C19H24ClN3O4. The summed E-state index contributed by atoms with van der Waals surface area (Å²) in [5.41, 5.74) is 12.8. The van der Waals surface area contributed by atoms with Crippen LogP contribution < -0.4 is 26.3 Å². The summed E-state index contributed by atoms with van der Waals surface area (Å²) in [4.78, 5) is 24.4. The van der Waals surface area contributed by atoms with Gasteiger partial charge in [-0.15, -0.1) is 12.4 Å². The minimum atomic E-state index is -0.693. The van der Waals surface area contributed by atoms with Crippen LogP contribution in [0.3, 0.4) is 0 Å². The first-order valence-electron chi connectivity index (χ1n) is 8.06. The van der Waals surface area contributed by atoms with Gasteiger partial charge in [0, 0.05) is 12.1 Å². The lowest BCUT2D eigenvalue weighted by molar-refractivity contribution is -0.120. The second kappa shape index (κ2) is 9.80. The van der Waals surface area contributed by atoms with Crippen molar-refractivity contribution >= 4 is 29.9 Å². The summed E-state index contributed by atoms with van der Waals surface area (Å²) in [6, 6.07) is 11.8. The number of rotatable bonds is 7. The van der Waals surface area contributed by atoms with Crippen LogP contribution >= 0.6 is 12.4 Å². The molecule has 2 unspecified atom stereocenters. The molecule has 0 radical (unpaired) electrons. The zero-order valence-corrected chi connectivity index (χ0v) is 16.2. The predicted octanol–water partition coefficient (Wildman–Crippen LogP) is 2.50. The second-order valence-corrected chi connectivity index (χ2v) is 5.83. The highest BCUT2D eigenvalue weighted by Gasteiger charge is 2.24. The Bertz CT molecular complexity index is 799. The number of hydrogen-bond donors (Lipinski definition) is 3. The number of anilines is 1. The minimum absolute atomic E-state index is 0. The molecule has 0 aromatic heterocycles. The van der Waals surface area contributed by atoms with E-state index < -0.39 is 17.9 Å². The average Bonchev–Trinajstić information content (AvgIpc) is 2.66. The molecule has 0 fully saturated rings. The predicted molar refractivity (Wildman–Crippen MR) is 106 cm³/mol. The number of amides is 2. The lowest BCUT2D eigenvalue weighted by atomic mass is 9.94. The fourth-order valence-corrected chi connectivity index (χ4v) is 2.56. The molecule has 27 heavy (non-hydrogen) atoms. The van der Waals surface area contributed by atoms with Crippen LogP contribution in [0.2, 0.25) is 0 Å². The summed E-state index contributed by atoms with van der Waals surface area (Å²) in [7, 11) is 2.91. The molecule has 0 aliphatic carbocycles. The Morgan fingerprint density at radius 1 is 1.04 bits per heavy atom. The normalized spacial score (nSPS) is 12.3. The van der Waals surface area contributed by atoms with Gasteiger partial charge < -0.3 is 26.3 Å². The number of ether oxygens (including phenoxy) is 2. The van der Waals surface area contributed by atoms with Crippen LogP contribution in [-0.2, 0) is 4.79 Å². The standard InChI is InChI=1S/C19H23N3O4.ClH/c1-11(17(20)12-7-5-4-6-8-12)19(24)22-14-10-16(26-3)15(25-2)9-13(14)18(21)23;/h4-11,17H,20H2,1-3H3,(H2,21,23)(H,22,24);1H. The number of methoxy groups -OCH3 is 2. The highest BCUT2D eigenvalue weighted by Crippen LogP contribution is 2.33. The highest BCUT2D eigenvalue weighted by molar-refractivity contribution is 6.04. The Morgan fingerprint density at radius 3 is 2.11 bits per heavy atom. The summed E-state index contributed by atoms with van der Waals surface area (Å²) in [5.74, 6) is -0.857. The lowest BCUT2D eigenvalue weighted by Gasteiger charge is -2.21. The number of carbonyl (C=O) groups is 2. The number of nitrogens with two attached hydrogens (primary N) is 2. The van der Waals surface area contributed by atoms with E-state index in [2.05, 4.69) is 5.32 Å². The van der Waals surface area contributed by atoms with Gasteiger partial charge >= 0.3 is 0 Å². The van der Waals surface area contributed by atoms with Crippen LogP contribution in [0.4, 0.5) is 5.69 Å². The van der Waals surface area contributed by atoms with Gasteiger partial charge in [0.2, 0.25) is 5.91 Å². The van der Waals surface area contributed by atoms with Gasteiger partial charge in [0.25, 0.3) is 5.91 Å². The number of carbonyl (C=O) groups excluding carboxylic acids is 2. The van der Waals surface area contributed by atoms with E-state index in [1.54, 1.807) is 6.92 Å². The van der Waals surface area contributed by atoms with E-state index in [4.69, 9.17) is 20.9 Å². The summed E-state index contributed by atoms with van der Waals surface area (Å²) >= 11 is 0. The Morgan fingerprint density at radius 2 is 1.59 bits per heavy atom. The maximum Gasteiger partial charge on any atom is 0.250 e. The first-order chi connectivity index (χ1) is 12.4. The average molecular weight is 394 g/mol. The monoisotopic (exact) mass is 393 g/mol. The summed E-state index contributed by atoms with van der Waals surface area (Å²) < 4.78 is 10.4. The van der Waals surface area contributed by atoms with Crippen molar-refractivity contribution < 1.29 is 19.1 Å². The molecule has 146 valence electrons. The van der Waals surface area contributed by atoms with Crippen molar-refractivity contribution in [1.82, 2.24) is 0 Å². The molecule has 0 spiro atoms. The van der Waals surface area contributed by atoms with Gasteiger partial charge in [-0.05, 0) is 11.6 Å². The molecule has 0 aliphatic heterocycles. The maximum atomic E-state index is 12.6. The van der Waals surface area contributed by atoms with Gasteiger partial charge in [-0.1, -0.05) is 37.3 Å². The zero-order valence-electron chi connectivity index (χ0n) is 15.4. The fraction of sp³-hybridized carbons (Fsp3) is 0.263. The Labute approximate surface area is 164 Å².